The van der Waals surface area contributed by atoms with Crippen molar-refractivity contribution in [2.75, 3.05) is 11.4 Å². The molecule has 4 nitrogen and oxygen atoms in total. The van der Waals surface area contributed by atoms with Crippen LogP contribution in [-0.4, -0.2) is 24.1 Å². The Morgan fingerprint density at radius 1 is 0.865 bits per heavy atom. The number of anilines is 1. The summed E-state index contributed by atoms with van der Waals surface area (Å²) in [5.74, 6) is -1.00. The van der Waals surface area contributed by atoms with Gasteiger partial charge in [-0.2, -0.15) is 13.2 Å². The molecule has 0 amide bonds. The molecule has 0 heterocycles. The van der Waals surface area contributed by atoms with E-state index in [-0.39, 0.29) is 36.1 Å². The second-order valence-electron chi connectivity index (χ2n) is 8.71. The summed E-state index contributed by atoms with van der Waals surface area (Å²) in [6.45, 7) is -0.239. The van der Waals surface area contributed by atoms with Crippen molar-refractivity contribution in [3.05, 3.63) is 83.7 Å². The van der Waals surface area contributed by atoms with Gasteiger partial charge in [0.05, 0.1) is 11.7 Å². The van der Waals surface area contributed by atoms with Crippen LogP contribution in [0.15, 0.2) is 66.7 Å². The summed E-state index contributed by atoms with van der Waals surface area (Å²) in [4.78, 5) is 1.54. The van der Waals surface area contributed by atoms with Gasteiger partial charge in [0.25, 0.3) is 0 Å². The molecular formula is C26H22F7NO3. The van der Waals surface area contributed by atoms with Crippen molar-refractivity contribution in [2.24, 2.45) is 5.92 Å². The number of rotatable bonds is 9. The molecule has 37 heavy (non-hydrogen) atoms. The van der Waals surface area contributed by atoms with Crippen molar-refractivity contribution in [1.29, 1.82) is 0 Å². The van der Waals surface area contributed by atoms with Crippen molar-refractivity contribution in [1.82, 2.24) is 0 Å². The van der Waals surface area contributed by atoms with Crippen LogP contribution in [0.25, 0.3) is 0 Å². The molecule has 0 saturated heterocycles. The van der Waals surface area contributed by atoms with Gasteiger partial charge in [-0.3, -0.25) is 0 Å². The van der Waals surface area contributed by atoms with Gasteiger partial charge in [-0.25, -0.2) is 4.39 Å². The quantitative estimate of drug-likeness (QED) is 0.295. The summed E-state index contributed by atoms with van der Waals surface area (Å²) < 4.78 is 101. The average Bonchev–Trinajstić information content (AvgIpc) is 3.64. The number of ether oxygens (including phenoxy) is 2. The van der Waals surface area contributed by atoms with Gasteiger partial charge in [0.15, 0.2) is 0 Å². The molecule has 1 unspecified atom stereocenters. The van der Waals surface area contributed by atoms with Crippen LogP contribution in [0, 0.1) is 11.7 Å². The van der Waals surface area contributed by atoms with Crippen molar-refractivity contribution in [3.8, 4) is 17.2 Å². The molecule has 4 rings (SSSR count). The zero-order valence-corrected chi connectivity index (χ0v) is 19.2. The first-order valence-electron chi connectivity index (χ1n) is 11.3. The second kappa shape index (κ2) is 10.5. The average molecular weight is 529 g/mol. The van der Waals surface area contributed by atoms with E-state index in [4.69, 9.17) is 4.74 Å². The molecule has 0 bridgehead atoms. The van der Waals surface area contributed by atoms with Gasteiger partial charge in [-0.15, -0.1) is 13.2 Å². The van der Waals surface area contributed by atoms with E-state index in [9.17, 15) is 35.8 Å². The Kier molecular flexibility index (Phi) is 7.54. The monoisotopic (exact) mass is 529 g/mol. The number of aliphatic hydroxyl groups is 1. The van der Waals surface area contributed by atoms with Crippen LogP contribution in [0.5, 0.6) is 17.2 Å². The number of aliphatic hydroxyl groups excluding tert-OH is 1. The maximum absolute atomic E-state index is 14.5. The normalized spacial score (nSPS) is 14.8. The molecule has 1 aliphatic carbocycles. The van der Waals surface area contributed by atoms with Gasteiger partial charge in [-0.05, 0) is 61.2 Å². The molecule has 11 heteroatoms. The number of halogens is 7. The summed E-state index contributed by atoms with van der Waals surface area (Å²) in [6.07, 6.45) is -8.69. The number of hydrogen-bond acceptors (Lipinski definition) is 4. The smallest absolute Gasteiger partial charge is 0.457 e. The Morgan fingerprint density at radius 3 is 2.16 bits per heavy atom. The van der Waals surface area contributed by atoms with Gasteiger partial charge >= 0.3 is 12.5 Å². The molecule has 1 aliphatic rings. The summed E-state index contributed by atoms with van der Waals surface area (Å²) in [5, 5.41) is 10.5. The number of nitrogens with zero attached hydrogens (tertiary/aromatic N) is 1. The van der Waals surface area contributed by atoms with E-state index in [0.717, 1.165) is 37.1 Å². The van der Waals surface area contributed by atoms with E-state index in [2.05, 4.69) is 4.74 Å². The fraction of sp³-hybridized carbons (Fsp3) is 0.308. The largest absolute Gasteiger partial charge is 0.573 e. The summed E-state index contributed by atoms with van der Waals surface area (Å²) in [5.41, 5.74) is -0.789. The van der Waals surface area contributed by atoms with Crippen LogP contribution in [0.4, 0.5) is 36.4 Å². The topological polar surface area (TPSA) is 41.9 Å². The number of benzene rings is 3. The molecule has 1 N–H and O–H groups in total. The predicted octanol–water partition coefficient (Wildman–Crippen LogP) is 7.31. The van der Waals surface area contributed by atoms with E-state index >= 15 is 0 Å². The molecule has 0 aromatic heterocycles. The van der Waals surface area contributed by atoms with Crippen LogP contribution in [0.1, 0.15) is 24.0 Å². The van der Waals surface area contributed by atoms with E-state index in [1.807, 2.05) is 0 Å². The summed E-state index contributed by atoms with van der Waals surface area (Å²) in [7, 11) is 0. The lowest BCUT2D eigenvalue weighted by molar-refractivity contribution is -0.274. The van der Waals surface area contributed by atoms with Gasteiger partial charge in [0.2, 0.25) is 0 Å². The third kappa shape index (κ3) is 7.51. The molecule has 198 valence electrons. The minimum Gasteiger partial charge on any atom is -0.457 e. The highest BCUT2D eigenvalue weighted by molar-refractivity contribution is 5.52. The molecule has 0 aliphatic heterocycles. The second-order valence-corrected chi connectivity index (χ2v) is 8.71. The minimum atomic E-state index is -4.87. The molecule has 0 spiro atoms. The predicted molar refractivity (Wildman–Crippen MR) is 121 cm³/mol. The van der Waals surface area contributed by atoms with Gasteiger partial charge in [0.1, 0.15) is 23.1 Å². The zero-order chi connectivity index (χ0) is 26.8. The zero-order valence-electron chi connectivity index (χ0n) is 19.2. The Morgan fingerprint density at radius 2 is 1.51 bits per heavy atom. The standard InChI is InChI=1S/C26H22F7NO3/c27-23-10-9-18(25(28,29)30)11-17(23)14-34(15-24(35)16-7-8-16)19-3-1-4-20(12-19)36-21-5-2-6-22(13-21)37-26(31,32)33/h1-6,9-13,16,24,35H,7-8,14-15H2. The van der Waals surface area contributed by atoms with Crippen molar-refractivity contribution >= 4 is 5.69 Å². The fourth-order valence-electron chi connectivity index (χ4n) is 3.81. The highest BCUT2D eigenvalue weighted by Gasteiger charge is 2.33. The van der Waals surface area contributed by atoms with Gasteiger partial charge in [0, 0.05) is 36.5 Å². The van der Waals surface area contributed by atoms with E-state index < -0.39 is 35.8 Å². The first-order valence-corrected chi connectivity index (χ1v) is 11.3. The Balaban J connectivity index is 1.59. The third-order valence-electron chi connectivity index (χ3n) is 5.77. The molecule has 3 aromatic rings. The minimum absolute atomic E-state index is 0.0265. The van der Waals surface area contributed by atoms with Crippen molar-refractivity contribution in [3.63, 3.8) is 0 Å². The highest BCUT2D eigenvalue weighted by Crippen LogP contribution is 2.36. The highest BCUT2D eigenvalue weighted by atomic mass is 19.4. The maximum Gasteiger partial charge on any atom is 0.573 e. The van der Waals surface area contributed by atoms with Crippen LogP contribution < -0.4 is 14.4 Å². The first-order chi connectivity index (χ1) is 17.4. The lowest BCUT2D eigenvalue weighted by Gasteiger charge is -2.28. The van der Waals surface area contributed by atoms with Crippen molar-refractivity contribution in [2.45, 2.75) is 38.0 Å². The van der Waals surface area contributed by atoms with Crippen LogP contribution in [0.3, 0.4) is 0 Å². The summed E-state index contributed by atoms with van der Waals surface area (Å²) in [6, 6.07) is 13.3. The van der Waals surface area contributed by atoms with E-state index in [0.29, 0.717) is 11.8 Å². The molecule has 1 saturated carbocycles. The number of hydrogen-bond donors (Lipinski definition) is 1. The number of alkyl halides is 6. The molecular weight excluding hydrogens is 507 g/mol. The maximum atomic E-state index is 14.5. The van der Waals surface area contributed by atoms with E-state index in [1.165, 1.54) is 29.2 Å². The third-order valence-corrected chi connectivity index (χ3v) is 5.77. The summed E-state index contributed by atoms with van der Waals surface area (Å²) >= 11 is 0. The Labute approximate surface area is 207 Å². The molecule has 1 atom stereocenters. The first kappa shape index (κ1) is 26.6. The fourth-order valence-corrected chi connectivity index (χ4v) is 3.81. The Hall–Kier alpha value is -3.47. The molecule has 1 fully saturated rings. The Bertz CT molecular complexity index is 1230. The lowest BCUT2D eigenvalue weighted by Crippen LogP contribution is -2.33. The van der Waals surface area contributed by atoms with Crippen LogP contribution >= 0.6 is 0 Å². The van der Waals surface area contributed by atoms with E-state index in [1.54, 1.807) is 12.1 Å². The van der Waals surface area contributed by atoms with Crippen molar-refractivity contribution < 1.29 is 45.3 Å². The SMILES string of the molecule is OC(CN(Cc1cc(C(F)(F)F)ccc1F)c1cccc(Oc2cccc(OC(F)(F)F)c2)c1)C1CC1. The lowest BCUT2D eigenvalue weighted by atomic mass is 10.1. The molecule has 3 aromatic carbocycles. The van der Waals surface area contributed by atoms with Crippen LogP contribution in [-0.2, 0) is 12.7 Å². The van der Waals surface area contributed by atoms with Crippen LogP contribution in [0.2, 0.25) is 0 Å². The van der Waals surface area contributed by atoms with Gasteiger partial charge in [-0.1, -0.05) is 12.1 Å². The van der Waals surface area contributed by atoms with Gasteiger partial charge < -0.3 is 19.5 Å². The molecule has 0 radical (unpaired) electrons.